The zero-order valence-corrected chi connectivity index (χ0v) is 22.5. The topological polar surface area (TPSA) is 69.7 Å². The Hall–Kier alpha value is -0.910. The Kier molecular flexibility index (Phi) is 7.08. The van der Waals surface area contributed by atoms with Gasteiger partial charge < -0.3 is 9.47 Å². The maximum Gasteiger partial charge on any atom is 0.305 e. The van der Waals surface area contributed by atoms with Crippen molar-refractivity contribution in [2.24, 2.45) is 46.3 Å². The van der Waals surface area contributed by atoms with E-state index in [1.165, 1.54) is 20.5 Å². The Labute approximate surface area is 207 Å². The third kappa shape index (κ3) is 4.10. The van der Waals surface area contributed by atoms with Crippen molar-refractivity contribution in [2.75, 3.05) is 7.11 Å². The van der Waals surface area contributed by atoms with Crippen LogP contribution in [0.3, 0.4) is 0 Å². The van der Waals surface area contributed by atoms with Gasteiger partial charge in [0.1, 0.15) is 6.10 Å². The molecule has 0 amide bonds. The number of esters is 2. The fourth-order valence-electron chi connectivity index (χ4n) is 8.92. The average molecular weight is 526 g/mol. The van der Waals surface area contributed by atoms with E-state index in [-0.39, 0.29) is 33.7 Å². The summed E-state index contributed by atoms with van der Waals surface area (Å²) in [6.45, 7) is 8.37. The molecule has 33 heavy (non-hydrogen) atoms. The van der Waals surface area contributed by atoms with Crippen LogP contribution in [0.5, 0.6) is 0 Å². The van der Waals surface area contributed by atoms with E-state index in [2.05, 4.69) is 36.7 Å². The number of methoxy groups -OCH3 is 1. The lowest BCUT2D eigenvalue weighted by Crippen LogP contribution is -2.62. The van der Waals surface area contributed by atoms with Crippen molar-refractivity contribution in [3.05, 3.63) is 0 Å². The lowest BCUT2D eigenvalue weighted by Gasteiger charge is -2.62. The van der Waals surface area contributed by atoms with Gasteiger partial charge >= 0.3 is 11.9 Å². The zero-order valence-electron chi connectivity index (χ0n) is 20.9. The molecule has 0 saturated heterocycles. The van der Waals surface area contributed by atoms with E-state index >= 15 is 0 Å². The number of fused-ring (bicyclic) bond motifs is 5. The van der Waals surface area contributed by atoms with E-state index in [1.807, 2.05) is 0 Å². The number of hydrogen-bond donors (Lipinski definition) is 0. The SMILES string of the molecule is COC(=O)CCC(C)C1CCC2C3CCC4CC(OC(C)=O)CCC4(C)C3C(Br)C(=O)C12C. The predicted octanol–water partition coefficient (Wildman–Crippen LogP) is 5.72. The summed E-state index contributed by atoms with van der Waals surface area (Å²) in [4.78, 5) is 37.2. The third-order valence-corrected chi connectivity index (χ3v) is 11.5. The van der Waals surface area contributed by atoms with Crippen molar-refractivity contribution in [3.63, 3.8) is 0 Å². The number of alkyl halides is 1. The van der Waals surface area contributed by atoms with Gasteiger partial charge in [-0.15, -0.1) is 0 Å². The van der Waals surface area contributed by atoms with E-state index in [0.29, 0.717) is 47.7 Å². The summed E-state index contributed by atoms with van der Waals surface area (Å²) in [7, 11) is 1.44. The van der Waals surface area contributed by atoms with Gasteiger partial charge in [-0.25, -0.2) is 0 Å². The Balaban J connectivity index is 1.55. The standard InChI is InChI=1S/C27H41BrO5/c1-15(6-11-22(30)32-5)20-9-10-21-19-8-7-17-14-18(33-16(2)29)12-13-26(17,3)23(19)24(28)25(31)27(20,21)4/h15,17-21,23-24H,6-14H2,1-5H3. The minimum Gasteiger partial charge on any atom is -0.469 e. The first-order valence-corrected chi connectivity index (χ1v) is 13.9. The van der Waals surface area contributed by atoms with Gasteiger partial charge in [0.2, 0.25) is 0 Å². The van der Waals surface area contributed by atoms with Gasteiger partial charge in [-0.05, 0) is 92.3 Å². The van der Waals surface area contributed by atoms with Crippen LogP contribution in [0.2, 0.25) is 0 Å². The normalized spacial score (nSPS) is 45.4. The Bertz CT molecular complexity index is 797. The van der Waals surface area contributed by atoms with Crippen LogP contribution in [0, 0.1) is 46.3 Å². The number of carbonyl (C=O) groups excluding carboxylic acids is 3. The minimum atomic E-state index is -0.316. The lowest BCUT2D eigenvalue weighted by atomic mass is 9.44. The van der Waals surface area contributed by atoms with Crippen molar-refractivity contribution in [1.29, 1.82) is 0 Å². The maximum atomic E-state index is 14.1. The van der Waals surface area contributed by atoms with Crippen molar-refractivity contribution in [1.82, 2.24) is 0 Å². The van der Waals surface area contributed by atoms with E-state index in [1.54, 1.807) is 0 Å². The monoisotopic (exact) mass is 524 g/mol. The summed E-state index contributed by atoms with van der Waals surface area (Å²) in [5.74, 6) is 2.54. The molecule has 5 nitrogen and oxygen atoms in total. The average Bonchev–Trinajstić information content (AvgIpc) is 3.13. The summed E-state index contributed by atoms with van der Waals surface area (Å²) in [6.07, 6.45) is 8.62. The molecule has 6 heteroatoms. The molecule has 0 aromatic rings. The van der Waals surface area contributed by atoms with Crippen LogP contribution in [0.4, 0.5) is 0 Å². The van der Waals surface area contributed by atoms with Crippen LogP contribution in [0.25, 0.3) is 0 Å². The van der Waals surface area contributed by atoms with E-state index in [9.17, 15) is 14.4 Å². The second-order valence-electron chi connectivity index (χ2n) is 11.9. The highest BCUT2D eigenvalue weighted by Gasteiger charge is 2.66. The number of Topliss-reactive ketones (excluding diaryl/α,β-unsaturated/α-hetero) is 1. The quantitative estimate of drug-likeness (QED) is 0.339. The number of ether oxygens (including phenoxy) is 2. The molecule has 0 N–H and O–H groups in total. The molecule has 10 unspecified atom stereocenters. The molecule has 4 fully saturated rings. The van der Waals surface area contributed by atoms with Crippen molar-refractivity contribution in [3.8, 4) is 0 Å². The molecule has 10 atom stereocenters. The van der Waals surface area contributed by atoms with Crippen LogP contribution in [0.15, 0.2) is 0 Å². The first kappa shape index (κ1) is 25.2. The summed E-state index contributed by atoms with van der Waals surface area (Å²) < 4.78 is 10.4. The van der Waals surface area contributed by atoms with Gasteiger partial charge in [-0.1, -0.05) is 36.7 Å². The highest BCUT2D eigenvalue weighted by Crippen LogP contribution is 2.68. The molecule has 0 aromatic carbocycles. The first-order valence-electron chi connectivity index (χ1n) is 13.0. The molecule has 0 aromatic heterocycles. The van der Waals surface area contributed by atoms with Crippen LogP contribution in [0.1, 0.15) is 85.5 Å². The van der Waals surface area contributed by atoms with Gasteiger partial charge in [0.05, 0.1) is 11.9 Å². The lowest BCUT2D eigenvalue weighted by molar-refractivity contribution is -0.165. The Morgan fingerprint density at radius 2 is 1.88 bits per heavy atom. The summed E-state index contributed by atoms with van der Waals surface area (Å²) in [6, 6.07) is 0. The summed E-state index contributed by atoms with van der Waals surface area (Å²) >= 11 is 3.96. The maximum absolute atomic E-state index is 14.1. The van der Waals surface area contributed by atoms with Gasteiger partial charge in [0, 0.05) is 18.8 Å². The van der Waals surface area contributed by atoms with Gasteiger partial charge in [-0.2, -0.15) is 0 Å². The van der Waals surface area contributed by atoms with E-state index in [4.69, 9.17) is 9.47 Å². The van der Waals surface area contributed by atoms with E-state index < -0.39 is 0 Å². The molecular weight excluding hydrogens is 484 g/mol. The molecule has 4 aliphatic rings. The predicted molar refractivity (Wildman–Crippen MR) is 130 cm³/mol. The van der Waals surface area contributed by atoms with Gasteiger partial charge in [-0.3, -0.25) is 14.4 Å². The third-order valence-electron chi connectivity index (χ3n) is 10.5. The minimum absolute atomic E-state index is 0.0296. The molecule has 186 valence electrons. The molecule has 0 aliphatic heterocycles. The molecule has 0 bridgehead atoms. The van der Waals surface area contributed by atoms with Gasteiger partial charge in [0.15, 0.2) is 5.78 Å². The molecule has 0 spiro atoms. The van der Waals surface area contributed by atoms with E-state index in [0.717, 1.165) is 44.9 Å². The molecule has 4 saturated carbocycles. The second-order valence-corrected chi connectivity index (χ2v) is 12.9. The summed E-state index contributed by atoms with van der Waals surface area (Å²) in [5.41, 5.74) is -0.206. The number of carbonyl (C=O) groups is 3. The first-order chi connectivity index (χ1) is 15.5. The van der Waals surface area contributed by atoms with Crippen molar-refractivity contribution in [2.45, 2.75) is 96.4 Å². The highest BCUT2D eigenvalue weighted by molar-refractivity contribution is 9.10. The zero-order chi connectivity index (χ0) is 24.1. The number of hydrogen-bond acceptors (Lipinski definition) is 5. The van der Waals surface area contributed by atoms with Crippen molar-refractivity contribution >= 4 is 33.7 Å². The molecule has 0 heterocycles. The Morgan fingerprint density at radius 1 is 1.15 bits per heavy atom. The number of halogens is 1. The molecule has 4 aliphatic carbocycles. The smallest absolute Gasteiger partial charge is 0.305 e. The number of ketones is 1. The van der Waals surface area contributed by atoms with Crippen molar-refractivity contribution < 1.29 is 23.9 Å². The van der Waals surface area contributed by atoms with Crippen LogP contribution < -0.4 is 0 Å². The van der Waals surface area contributed by atoms with Gasteiger partial charge in [0.25, 0.3) is 0 Å². The highest BCUT2D eigenvalue weighted by atomic mass is 79.9. The summed E-state index contributed by atoms with van der Waals surface area (Å²) in [5, 5.41) is 0. The Morgan fingerprint density at radius 3 is 2.55 bits per heavy atom. The second kappa shape index (κ2) is 9.28. The van der Waals surface area contributed by atoms with Crippen LogP contribution >= 0.6 is 15.9 Å². The molecule has 4 rings (SSSR count). The molecule has 0 radical (unpaired) electrons. The van der Waals surface area contributed by atoms with Crippen LogP contribution in [-0.4, -0.2) is 35.8 Å². The van der Waals surface area contributed by atoms with Crippen LogP contribution in [-0.2, 0) is 23.9 Å². The fourth-order valence-corrected chi connectivity index (χ4v) is 10.4. The largest absolute Gasteiger partial charge is 0.469 e. The fraction of sp³-hybridized carbons (Fsp3) is 0.889. The number of rotatable bonds is 5. The molecular formula is C27H41BrO5.